The van der Waals surface area contributed by atoms with Gasteiger partial charge in [0.25, 0.3) is 11.8 Å². The van der Waals surface area contributed by atoms with Crippen LogP contribution in [-0.4, -0.2) is 43.9 Å². The van der Waals surface area contributed by atoms with E-state index >= 15 is 0 Å². The minimum absolute atomic E-state index is 0.0190. The van der Waals surface area contributed by atoms with E-state index < -0.39 is 11.9 Å². The largest absolute Gasteiger partial charge is 0.323 e. The van der Waals surface area contributed by atoms with Crippen molar-refractivity contribution in [3.8, 4) is 0 Å². The molecule has 0 aromatic heterocycles. The number of fused-ring (bicyclic) bond motifs is 1. The van der Waals surface area contributed by atoms with E-state index in [2.05, 4.69) is 10.6 Å². The molecule has 2 aromatic carbocycles. The summed E-state index contributed by atoms with van der Waals surface area (Å²) >= 11 is 0. The van der Waals surface area contributed by atoms with Crippen molar-refractivity contribution in [3.63, 3.8) is 0 Å². The number of likely N-dealkylation sites (N-methyl/N-ethyl adjacent to an activating group) is 1. The normalized spacial score (nSPS) is 15.2. The molecule has 2 atom stereocenters. The summed E-state index contributed by atoms with van der Waals surface area (Å²) in [6, 6.07) is 12.1. The van der Waals surface area contributed by atoms with Crippen molar-refractivity contribution in [2.75, 3.05) is 35.7 Å². The molecule has 0 saturated carbocycles. The third-order valence-electron chi connectivity index (χ3n) is 4.69. The Morgan fingerprint density at radius 3 is 2.75 bits per heavy atom. The number of quaternary nitrogens is 1. The van der Waals surface area contributed by atoms with Crippen LogP contribution in [-0.2, 0) is 14.4 Å². The minimum atomic E-state index is -0.558. The summed E-state index contributed by atoms with van der Waals surface area (Å²) < 4.78 is 13.2. The Morgan fingerprint density at radius 1 is 1.25 bits per heavy atom. The fourth-order valence-electron chi connectivity index (χ4n) is 3.05. The quantitative estimate of drug-likeness (QED) is 0.707. The molecular formula is C20H22FN4O3+. The number of rotatable bonds is 5. The van der Waals surface area contributed by atoms with Crippen molar-refractivity contribution in [3.05, 3.63) is 54.3 Å². The molecule has 3 rings (SSSR count). The molecule has 0 saturated heterocycles. The molecule has 28 heavy (non-hydrogen) atoms. The first-order valence-corrected chi connectivity index (χ1v) is 8.93. The van der Waals surface area contributed by atoms with Gasteiger partial charge >= 0.3 is 0 Å². The molecule has 0 radical (unpaired) electrons. The van der Waals surface area contributed by atoms with Crippen LogP contribution in [0.25, 0.3) is 0 Å². The van der Waals surface area contributed by atoms with Crippen LogP contribution in [0.1, 0.15) is 6.92 Å². The van der Waals surface area contributed by atoms with E-state index in [0.717, 1.165) is 0 Å². The van der Waals surface area contributed by atoms with Crippen molar-refractivity contribution < 1.29 is 23.7 Å². The highest BCUT2D eigenvalue weighted by Crippen LogP contribution is 2.29. The van der Waals surface area contributed by atoms with Gasteiger partial charge in [0.15, 0.2) is 12.6 Å². The molecule has 1 unspecified atom stereocenters. The summed E-state index contributed by atoms with van der Waals surface area (Å²) in [5.41, 5.74) is 1.58. The summed E-state index contributed by atoms with van der Waals surface area (Å²) in [4.78, 5) is 39.2. The summed E-state index contributed by atoms with van der Waals surface area (Å²) in [6.45, 7) is 1.66. The standard InChI is InChI=1S/C20H21FN4O3/c1-13(24(2)11-18(26)22-15-7-5-6-14(21)10-15)20(28)25-12-19(27)23-16-8-3-4-9-17(16)25/h3-10,13H,11-12H2,1-2H3,(H,22,26)(H,23,27)/p+1/t13-/m1/s1. The average molecular weight is 385 g/mol. The maximum atomic E-state index is 13.2. The van der Waals surface area contributed by atoms with Gasteiger partial charge < -0.3 is 15.5 Å². The van der Waals surface area contributed by atoms with Gasteiger partial charge in [-0.05, 0) is 37.3 Å². The Bertz CT molecular complexity index is 918. The van der Waals surface area contributed by atoms with Gasteiger partial charge in [0.2, 0.25) is 5.91 Å². The number of carbonyl (C=O) groups is 3. The van der Waals surface area contributed by atoms with Gasteiger partial charge in [-0.1, -0.05) is 18.2 Å². The number of nitrogens with zero attached hydrogens (tertiary/aromatic N) is 1. The van der Waals surface area contributed by atoms with Gasteiger partial charge in [0.1, 0.15) is 12.4 Å². The lowest BCUT2D eigenvalue weighted by molar-refractivity contribution is -0.885. The number of para-hydroxylation sites is 2. The maximum absolute atomic E-state index is 13.2. The first-order valence-electron chi connectivity index (χ1n) is 8.93. The number of benzene rings is 2. The molecule has 8 heteroatoms. The predicted octanol–water partition coefficient (Wildman–Crippen LogP) is 0.653. The van der Waals surface area contributed by atoms with E-state index in [4.69, 9.17) is 0 Å². The van der Waals surface area contributed by atoms with Gasteiger partial charge in [-0.15, -0.1) is 0 Å². The predicted molar refractivity (Wildman–Crippen MR) is 104 cm³/mol. The van der Waals surface area contributed by atoms with Gasteiger partial charge in [-0.2, -0.15) is 0 Å². The molecule has 2 aromatic rings. The Kier molecular flexibility index (Phi) is 5.70. The minimum Gasteiger partial charge on any atom is -0.323 e. The third kappa shape index (κ3) is 4.34. The summed E-state index contributed by atoms with van der Waals surface area (Å²) in [5.74, 6) is -1.29. The molecule has 1 aliphatic rings. The van der Waals surface area contributed by atoms with Crippen molar-refractivity contribution >= 4 is 34.8 Å². The van der Waals surface area contributed by atoms with Crippen LogP contribution in [0.2, 0.25) is 0 Å². The third-order valence-corrected chi connectivity index (χ3v) is 4.69. The van der Waals surface area contributed by atoms with Crippen molar-refractivity contribution in [2.45, 2.75) is 13.0 Å². The number of halogens is 1. The Hall–Kier alpha value is -3.26. The van der Waals surface area contributed by atoms with Gasteiger partial charge in [0, 0.05) is 5.69 Å². The zero-order chi connectivity index (χ0) is 20.3. The average Bonchev–Trinajstić information content (AvgIpc) is 2.66. The lowest BCUT2D eigenvalue weighted by Crippen LogP contribution is -3.15. The number of hydrogen-bond acceptors (Lipinski definition) is 3. The summed E-state index contributed by atoms with van der Waals surface area (Å²) in [7, 11) is 1.73. The van der Waals surface area contributed by atoms with Crippen molar-refractivity contribution in [2.24, 2.45) is 0 Å². The fraction of sp³-hybridized carbons (Fsp3) is 0.250. The molecule has 0 fully saturated rings. The number of anilines is 3. The Balaban J connectivity index is 1.66. The zero-order valence-electron chi connectivity index (χ0n) is 15.7. The molecule has 0 aliphatic carbocycles. The highest BCUT2D eigenvalue weighted by atomic mass is 19.1. The molecule has 3 amide bonds. The molecule has 146 valence electrons. The SMILES string of the molecule is C[C@H](C(=O)N1CC(=O)Nc2ccccc21)[NH+](C)CC(=O)Nc1cccc(F)c1. The highest BCUT2D eigenvalue weighted by Gasteiger charge is 2.33. The Morgan fingerprint density at radius 2 is 2.00 bits per heavy atom. The van der Waals surface area contributed by atoms with Crippen LogP contribution >= 0.6 is 0 Å². The topological polar surface area (TPSA) is 83.0 Å². The number of amides is 3. The van der Waals surface area contributed by atoms with E-state index in [1.54, 1.807) is 44.3 Å². The van der Waals surface area contributed by atoms with E-state index in [0.29, 0.717) is 22.0 Å². The zero-order valence-corrected chi connectivity index (χ0v) is 15.7. The van der Waals surface area contributed by atoms with Crippen molar-refractivity contribution in [1.29, 1.82) is 0 Å². The molecule has 1 heterocycles. The molecule has 3 N–H and O–H groups in total. The van der Waals surface area contributed by atoms with E-state index in [9.17, 15) is 18.8 Å². The number of carbonyl (C=O) groups excluding carboxylic acids is 3. The first kappa shape index (κ1) is 19.5. The summed E-state index contributed by atoms with van der Waals surface area (Å²) in [5, 5.41) is 5.36. The van der Waals surface area contributed by atoms with Crippen LogP contribution in [0.3, 0.4) is 0 Å². The number of nitrogens with one attached hydrogen (secondary N) is 3. The van der Waals surface area contributed by atoms with Gasteiger partial charge in [-0.3, -0.25) is 19.3 Å². The van der Waals surface area contributed by atoms with Gasteiger partial charge in [-0.25, -0.2) is 4.39 Å². The van der Waals surface area contributed by atoms with Crippen LogP contribution in [0, 0.1) is 5.82 Å². The lowest BCUT2D eigenvalue weighted by atomic mass is 10.1. The first-order chi connectivity index (χ1) is 13.3. The number of hydrogen-bond donors (Lipinski definition) is 3. The van der Waals surface area contributed by atoms with Crippen LogP contribution < -0.4 is 20.4 Å². The lowest BCUT2D eigenvalue weighted by Gasteiger charge is -2.32. The van der Waals surface area contributed by atoms with Crippen molar-refractivity contribution in [1.82, 2.24) is 0 Å². The van der Waals surface area contributed by atoms with E-state index in [-0.39, 0.29) is 30.8 Å². The summed E-state index contributed by atoms with van der Waals surface area (Å²) in [6.07, 6.45) is 0. The molecule has 7 nitrogen and oxygen atoms in total. The molecule has 1 aliphatic heterocycles. The highest BCUT2D eigenvalue weighted by molar-refractivity contribution is 6.10. The van der Waals surface area contributed by atoms with Gasteiger partial charge in [0.05, 0.1) is 18.4 Å². The van der Waals surface area contributed by atoms with Crippen LogP contribution in [0.5, 0.6) is 0 Å². The second-order valence-corrected chi connectivity index (χ2v) is 6.79. The molecular weight excluding hydrogens is 363 g/mol. The van der Waals surface area contributed by atoms with Crippen LogP contribution in [0.15, 0.2) is 48.5 Å². The second-order valence-electron chi connectivity index (χ2n) is 6.79. The molecule has 0 bridgehead atoms. The second kappa shape index (κ2) is 8.18. The monoisotopic (exact) mass is 385 g/mol. The molecule has 0 spiro atoms. The van der Waals surface area contributed by atoms with E-state index in [1.807, 2.05) is 0 Å². The smallest absolute Gasteiger partial charge is 0.285 e. The van der Waals surface area contributed by atoms with Crippen LogP contribution in [0.4, 0.5) is 21.5 Å². The maximum Gasteiger partial charge on any atom is 0.285 e. The Labute approximate surface area is 162 Å². The fourth-order valence-corrected chi connectivity index (χ4v) is 3.05. The van der Waals surface area contributed by atoms with E-state index in [1.165, 1.54) is 23.1 Å².